The Morgan fingerprint density at radius 3 is 2.58 bits per heavy atom. The van der Waals surface area contributed by atoms with Gasteiger partial charge in [-0.1, -0.05) is 6.92 Å². The van der Waals surface area contributed by atoms with E-state index in [-0.39, 0.29) is 5.91 Å². The highest BCUT2D eigenvalue weighted by Crippen LogP contribution is 2.23. The highest BCUT2D eigenvalue weighted by Gasteiger charge is 2.33. The summed E-state index contributed by atoms with van der Waals surface area (Å²) in [6, 6.07) is 5.95. The maximum absolute atomic E-state index is 12.5. The first-order valence-electron chi connectivity index (χ1n) is 6.72. The van der Waals surface area contributed by atoms with Gasteiger partial charge >= 0.3 is 0 Å². The number of hydrogen-bond acceptors (Lipinski definition) is 3. The number of nitrogens with zero attached hydrogens (tertiary/aromatic N) is 2. The van der Waals surface area contributed by atoms with Crippen molar-refractivity contribution in [3.63, 3.8) is 0 Å². The number of amides is 1. The minimum Gasteiger partial charge on any atom is -0.399 e. The maximum Gasteiger partial charge on any atom is 0.253 e. The molecule has 104 valence electrons. The summed E-state index contributed by atoms with van der Waals surface area (Å²) in [7, 11) is 4.14. The molecule has 2 N–H and O–H groups in total. The molecule has 1 amide bonds. The number of nitrogens with two attached hydrogens (primary N) is 1. The zero-order valence-corrected chi connectivity index (χ0v) is 12.2. The van der Waals surface area contributed by atoms with Gasteiger partial charge in [0.2, 0.25) is 0 Å². The van der Waals surface area contributed by atoms with Crippen LogP contribution in [-0.2, 0) is 0 Å². The number of hydrogen-bond donors (Lipinski definition) is 1. The summed E-state index contributed by atoms with van der Waals surface area (Å²) in [6.07, 6.45) is 0. The van der Waals surface area contributed by atoms with Crippen molar-refractivity contribution in [2.75, 3.05) is 32.9 Å². The van der Waals surface area contributed by atoms with Crippen LogP contribution in [0.5, 0.6) is 0 Å². The smallest absolute Gasteiger partial charge is 0.253 e. The Morgan fingerprint density at radius 1 is 1.37 bits per heavy atom. The highest BCUT2D eigenvalue weighted by atomic mass is 16.2. The Bertz CT molecular complexity index is 484. The SMILES string of the molecule is Cc1cc(C(=O)N2CC(C)C(N(C)C)C2)ccc1N. The van der Waals surface area contributed by atoms with Gasteiger partial charge < -0.3 is 15.5 Å². The second kappa shape index (κ2) is 5.21. The fourth-order valence-electron chi connectivity index (χ4n) is 2.78. The summed E-state index contributed by atoms with van der Waals surface area (Å²) in [5.41, 5.74) is 8.22. The van der Waals surface area contributed by atoms with Crippen molar-refractivity contribution in [2.24, 2.45) is 5.92 Å². The maximum atomic E-state index is 12.5. The first-order chi connectivity index (χ1) is 8.90. The molecule has 1 aromatic carbocycles. The minimum absolute atomic E-state index is 0.110. The molecule has 0 radical (unpaired) electrons. The first kappa shape index (κ1) is 13.9. The molecule has 4 nitrogen and oxygen atoms in total. The molecule has 2 rings (SSSR count). The number of aryl methyl sites for hydroxylation is 1. The molecule has 1 aliphatic heterocycles. The predicted octanol–water partition coefficient (Wildman–Crippen LogP) is 1.60. The Hall–Kier alpha value is -1.55. The quantitative estimate of drug-likeness (QED) is 0.823. The van der Waals surface area contributed by atoms with Gasteiger partial charge in [0.1, 0.15) is 0 Å². The molecule has 2 atom stereocenters. The average molecular weight is 261 g/mol. The molecule has 19 heavy (non-hydrogen) atoms. The van der Waals surface area contributed by atoms with Crippen LogP contribution in [0.4, 0.5) is 5.69 Å². The Balaban J connectivity index is 2.15. The summed E-state index contributed by atoms with van der Waals surface area (Å²) < 4.78 is 0. The lowest BCUT2D eigenvalue weighted by Crippen LogP contribution is -2.35. The van der Waals surface area contributed by atoms with Gasteiger partial charge in [0.25, 0.3) is 5.91 Å². The molecule has 0 aromatic heterocycles. The fourth-order valence-corrected chi connectivity index (χ4v) is 2.78. The molecule has 1 saturated heterocycles. The van der Waals surface area contributed by atoms with Crippen LogP contribution >= 0.6 is 0 Å². The number of likely N-dealkylation sites (tertiary alicyclic amines) is 1. The lowest BCUT2D eigenvalue weighted by atomic mass is 10.1. The molecule has 2 unspecified atom stereocenters. The predicted molar refractivity (Wildman–Crippen MR) is 78.1 cm³/mol. The second-order valence-electron chi connectivity index (χ2n) is 5.79. The van der Waals surface area contributed by atoms with Crippen LogP contribution in [0.2, 0.25) is 0 Å². The summed E-state index contributed by atoms with van der Waals surface area (Å²) in [4.78, 5) is 16.6. The van der Waals surface area contributed by atoms with Crippen LogP contribution in [0, 0.1) is 12.8 Å². The van der Waals surface area contributed by atoms with E-state index < -0.39 is 0 Å². The van der Waals surface area contributed by atoms with Crippen molar-refractivity contribution >= 4 is 11.6 Å². The summed E-state index contributed by atoms with van der Waals surface area (Å²) in [5, 5.41) is 0. The molecule has 0 aliphatic carbocycles. The minimum atomic E-state index is 0.110. The zero-order valence-electron chi connectivity index (χ0n) is 12.2. The normalized spacial score (nSPS) is 23.1. The molecule has 1 heterocycles. The highest BCUT2D eigenvalue weighted by molar-refractivity contribution is 5.95. The Kier molecular flexibility index (Phi) is 3.80. The first-order valence-corrected chi connectivity index (χ1v) is 6.72. The molecular weight excluding hydrogens is 238 g/mol. The average Bonchev–Trinajstić information content (AvgIpc) is 2.74. The third-order valence-corrected chi connectivity index (χ3v) is 4.04. The largest absolute Gasteiger partial charge is 0.399 e. The number of likely N-dealkylation sites (N-methyl/N-ethyl adjacent to an activating group) is 1. The number of rotatable bonds is 2. The number of nitrogen functional groups attached to an aromatic ring is 1. The van der Waals surface area contributed by atoms with Crippen molar-refractivity contribution < 1.29 is 4.79 Å². The van der Waals surface area contributed by atoms with Gasteiger partial charge in [-0.15, -0.1) is 0 Å². The van der Waals surface area contributed by atoms with Gasteiger partial charge in [-0.25, -0.2) is 0 Å². The van der Waals surface area contributed by atoms with E-state index in [1.165, 1.54) is 0 Å². The lowest BCUT2D eigenvalue weighted by molar-refractivity contribution is 0.0781. The zero-order chi connectivity index (χ0) is 14.2. The third kappa shape index (κ3) is 2.73. The van der Waals surface area contributed by atoms with Crippen molar-refractivity contribution in [3.8, 4) is 0 Å². The van der Waals surface area contributed by atoms with E-state index in [1.54, 1.807) is 0 Å². The van der Waals surface area contributed by atoms with Crippen molar-refractivity contribution in [1.82, 2.24) is 9.80 Å². The van der Waals surface area contributed by atoms with Gasteiger partial charge in [-0.05, 0) is 50.7 Å². The number of anilines is 1. The Labute approximate surface area is 115 Å². The molecule has 0 saturated carbocycles. The van der Waals surface area contributed by atoms with Crippen LogP contribution in [-0.4, -0.2) is 48.9 Å². The van der Waals surface area contributed by atoms with Gasteiger partial charge in [0.05, 0.1) is 0 Å². The molecule has 0 bridgehead atoms. The van der Waals surface area contributed by atoms with Gasteiger partial charge in [0.15, 0.2) is 0 Å². The van der Waals surface area contributed by atoms with Gasteiger partial charge in [-0.2, -0.15) is 0 Å². The van der Waals surface area contributed by atoms with Crippen LogP contribution < -0.4 is 5.73 Å². The van der Waals surface area contributed by atoms with Crippen LogP contribution in [0.15, 0.2) is 18.2 Å². The van der Waals surface area contributed by atoms with Crippen LogP contribution in [0.3, 0.4) is 0 Å². The van der Waals surface area contributed by atoms with Gasteiger partial charge in [0, 0.05) is 30.4 Å². The monoisotopic (exact) mass is 261 g/mol. The lowest BCUT2D eigenvalue weighted by Gasteiger charge is -2.22. The summed E-state index contributed by atoms with van der Waals surface area (Å²) in [6.45, 7) is 5.76. The summed E-state index contributed by atoms with van der Waals surface area (Å²) in [5.74, 6) is 0.619. The fraction of sp³-hybridized carbons (Fsp3) is 0.533. The summed E-state index contributed by atoms with van der Waals surface area (Å²) >= 11 is 0. The molecule has 4 heteroatoms. The Morgan fingerprint density at radius 2 is 2.05 bits per heavy atom. The van der Waals surface area contributed by atoms with Crippen molar-refractivity contribution in [3.05, 3.63) is 29.3 Å². The van der Waals surface area contributed by atoms with Gasteiger partial charge in [-0.3, -0.25) is 4.79 Å². The standard InChI is InChI=1S/C15H23N3O/c1-10-7-12(5-6-13(10)16)15(19)18-8-11(2)14(9-18)17(3)4/h5-7,11,14H,8-9,16H2,1-4H3. The second-order valence-corrected chi connectivity index (χ2v) is 5.79. The topological polar surface area (TPSA) is 49.6 Å². The van der Waals surface area contributed by atoms with Crippen LogP contribution in [0.25, 0.3) is 0 Å². The molecule has 1 fully saturated rings. The van der Waals surface area contributed by atoms with E-state index >= 15 is 0 Å². The third-order valence-electron chi connectivity index (χ3n) is 4.04. The van der Waals surface area contributed by atoms with E-state index in [9.17, 15) is 4.79 Å². The number of carbonyl (C=O) groups is 1. The molecule has 1 aliphatic rings. The van der Waals surface area contributed by atoms with Crippen LogP contribution in [0.1, 0.15) is 22.8 Å². The number of benzene rings is 1. The molecule has 0 spiro atoms. The van der Waals surface area contributed by atoms with Crippen molar-refractivity contribution in [1.29, 1.82) is 0 Å². The molecular formula is C15H23N3O. The van der Waals surface area contributed by atoms with E-state index in [1.807, 2.05) is 30.0 Å². The van der Waals surface area contributed by atoms with E-state index in [0.717, 1.165) is 29.9 Å². The van der Waals surface area contributed by atoms with E-state index in [4.69, 9.17) is 5.73 Å². The molecule has 1 aromatic rings. The van der Waals surface area contributed by atoms with Crippen molar-refractivity contribution in [2.45, 2.75) is 19.9 Å². The number of carbonyl (C=O) groups excluding carboxylic acids is 1. The van der Waals surface area contributed by atoms with E-state index in [2.05, 4.69) is 25.9 Å². The van der Waals surface area contributed by atoms with E-state index in [0.29, 0.717) is 12.0 Å².